The first-order valence-corrected chi connectivity index (χ1v) is 5.00. The van der Waals surface area contributed by atoms with Gasteiger partial charge >= 0.3 is 5.97 Å². The third-order valence-electron chi connectivity index (χ3n) is 2.01. The molecule has 15 heavy (non-hydrogen) atoms. The number of benzene rings is 1. The molecule has 0 amide bonds. The van der Waals surface area contributed by atoms with Crippen LogP contribution in [-0.2, 0) is 4.74 Å². The molecule has 0 unspecified atom stereocenters. The quantitative estimate of drug-likeness (QED) is 0.713. The van der Waals surface area contributed by atoms with Crippen LogP contribution in [0.3, 0.4) is 0 Å². The molecule has 0 bridgehead atoms. The maximum atomic E-state index is 11.6. The minimum Gasteiger partial charge on any atom is -0.496 e. The molecule has 0 saturated carbocycles. The van der Waals surface area contributed by atoms with Crippen LogP contribution in [0, 0.1) is 6.92 Å². The lowest BCUT2D eigenvalue weighted by atomic mass is 10.1. The number of hydrogen-bond acceptors (Lipinski definition) is 3. The molecule has 0 spiro atoms. The van der Waals surface area contributed by atoms with Crippen molar-refractivity contribution in [3.63, 3.8) is 0 Å². The van der Waals surface area contributed by atoms with Gasteiger partial charge in [-0.2, -0.15) is 0 Å². The summed E-state index contributed by atoms with van der Waals surface area (Å²) in [6.07, 6.45) is 0.819. The number of hydrogen-bond donors (Lipinski definition) is 0. The highest BCUT2D eigenvalue weighted by molar-refractivity contribution is 5.92. The Labute approximate surface area is 90.0 Å². The Morgan fingerprint density at radius 1 is 1.40 bits per heavy atom. The summed E-state index contributed by atoms with van der Waals surface area (Å²) in [6.45, 7) is 4.35. The SMILES string of the molecule is CCCOC(=O)c1ccc(C)cc1OC. The van der Waals surface area contributed by atoms with Gasteiger partial charge in [-0.3, -0.25) is 0 Å². The maximum absolute atomic E-state index is 11.6. The monoisotopic (exact) mass is 208 g/mol. The van der Waals surface area contributed by atoms with E-state index in [2.05, 4.69) is 0 Å². The van der Waals surface area contributed by atoms with Crippen molar-refractivity contribution in [2.45, 2.75) is 20.3 Å². The van der Waals surface area contributed by atoms with Crippen LogP contribution in [0.2, 0.25) is 0 Å². The summed E-state index contributed by atoms with van der Waals surface area (Å²) in [7, 11) is 1.55. The average molecular weight is 208 g/mol. The van der Waals surface area contributed by atoms with Gasteiger partial charge in [-0.25, -0.2) is 4.79 Å². The molecule has 3 nitrogen and oxygen atoms in total. The molecule has 0 saturated heterocycles. The standard InChI is InChI=1S/C12H16O3/c1-4-7-15-12(13)10-6-5-9(2)8-11(10)14-3/h5-6,8H,4,7H2,1-3H3. The minimum atomic E-state index is -0.325. The van der Waals surface area contributed by atoms with E-state index < -0.39 is 0 Å². The van der Waals surface area contributed by atoms with E-state index in [-0.39, 0.29) is 5.97 Å². The summed E-state index contributed by atoms with van der Waals surface area (Å²) in [5.41, 5.74) is 1.54. The molecule has 0 N–H and O–H groups in total. The summed E-state index contributed by atoms with van der Waals surface area (Å²) in [5.74, 6) is 0.241. The topological polar surface area (TPSA) is 35.5 Å². The number of methoxy groups -OCH3 is 1. The molecule has 0 atom stereocenters. The molecule has 82 valence electrons. The Bertz CT molecular complexity index is 345. The summed E-state index contributed by atoms with van der Waals surface area (Å²) in [5, 5.41) is 0. The van der Waals surface area contributed by atoms with E-state index in [0.29, 0.717) is 17.9 Å². The zero-order valence-electron chi connectivity index (χ0n) is 9.37. The molecule has 1 rings (SSSR count). The largest absolute Gasteiger partial charge is 0.496 e. The van der Waals surface area contributed by atoms with Crippen molar-refractivity contribution in [1.82, 2.24) is 0 Å². The van der Waals surface area contributed by atoms with E-state index in [1.165, 1.54) is 0 Å². The number of esters is 1. The van der Waals surface area contributed by atoms with Crippen LogP contribution < -0.4 is 4.74 Å². The van der Waals surface area contributed by atoms with Gasteiger partial charge in [-0.15, -0.1) is 0 Å². The Kier molecular flexibility index (Phi) is 4.16. The Morgan fingerprint density at radius 2 is 2.13 bits per heavy atom. The van der Waals surface area contributed by atoms with Gasteiger partial charge in [0, 0.05) is 0 Å². The molecule has 0 aliphatic rings. The molecular weight excluding hydrogens is 192 g/mol. The Morgan fingerprint density at radius 3 is 2.73 bits per heavy atom. The van der Waals surface area contributed by atoms with Gasteiger partial charge in [0.15, 0.2) is 0 Å². The Balaban J connectivity index is 2.87. The zero-order valence-corrected chi connectivity index (χ0v) is 9.37. The molecule has 0 fully saturated rings. The number of carbonyl (C=O) groups excluding carboxylic acids is 1. The lowest BCUT2D eigenvalue weighted by Gasteiger charge is -2.08. The molecule has 1 aromatic carbocycles. The number of carbonyl (C=O) groups is 1. The van der Waals surface area contributed by atoms with Crippen LogP contribution in [0.5, 0.6) is 5.75 Å². The smallest absolute Gasteiger partial charge is 0.341 e. The first-order valence-electron chi connectivity index (χ1n) is 5.00. The predicted octanol–water partition coefficient (Wildman–Crippen LogP) is 2.57. The minimum absolute atomic E-state index is 0.325. The molecule has 0 heterocycles. The van der Waals surface area contributed by atoms with Gasteiger partial charge in [0.05, 0.1) is 13.7 Å². The summed E-state index contributed by atoms with van der Waals surface area (Å²) >= 11 is 0. The van der Waals surface area contributed by atoms with E-state index in [1.807, 2.05) is 26.0 Å². The van der Waals surface area contributed by atoms with E-state index >= 15 is 0 Å². The van der Waals surface area contributed by atoms with E-state index in [0.717, 1.165) is 12.0 Å². The van der Waals surface area contributed by atoms with Crippen molar-refractivity contribution in [2.24, 2.45) is 0 Å². The third kappa shape index (κ3) is 2.98. The number of ether oxygens (including phenoxy) is 2. The second kappa shape index (κ2) is 5.39. The van der Waals surface area contributed by atoms with Gasteiger partial charge in [-0.1, -0.05) is 13.0 Å². The van der Waals surface area contributed by atoms with Crippen molar-refractivity contribution in [3.05, 3.63) is 29.3 Å². The van der Waals surface area contributed by atoms with Gasteiger partial charge in [0.1, 0.15) is 11.3 Å². The molecule has 3 heteroatoms. The number of rotatable bonds is 4. The van der Waals surface area contributed by atoms with E-state index in [9.17, 15) is 4.79 Å². The highest BCUT2D eigenvalue weighted by atomic mass is 16.5. The molecule has 0 aromatic heterocycles. The zero-order chi connectivity index (χ0) is 11.3. The fourth-order valence-corrected chi connectivity index (χ4v) is 1.24. The Hall–Kier alpha value is -1.51. The maximum Gasteiger partial charge on any atom is 0.341 e. The van der Waals surface area contributed by atoms with Crippen molar-refractivity contribution >= 4 is 5.97 Å². The van der Waals surface area contributed by atoms with Crippen molar-refractivity contribution in [2.75, 3.05) is 13.7 Å². The molecule has 0 aliphatic heterocycles. The van der Waals surface area contributed by atoms with Gasteiger partial charge < -0.3 is 9.47 Å². The third-order valence-corrected chi connectivity index (χ3v) is 2.01. The van der Waals surface area contributed by atoms with Crippen LogP contribution in [0.1, 0.15) is 29.3 Å². The molecule has 1 aromatic rings. The highest BCUT2D eigenvalue weighted by Gasteiger charge is 2.12. The normalized spacial score (nSPS) is 9.80. The molecule has 0 aliphatic carbocycles. The summed E-state index contributed by atoms with van der Waals surface area (Å²) in [4.78, 5) is 11.6. The van der Waals surface area contributed by atoms with E-state index in [4.69, 9.17) is 9.47 Å². The highest BCUT2D eigenvalue weighted by Crippen LogP contribution is 2.20. The fourth-order valence-electron chi connectivity index (χ4n) is 1.24. The lowest BCUT2D eigenvalue weighted by Crippen LogP contribution is -2.07. The van der Waals surface area contributed by atoms with Crippen molar-refractivity contribution < 1.29 is 14.3 Å². The molecular formula is C12H16O3. The van der Waals surface area contributed by atoms with Crippen LogP contribution in [-0.4, -0.2) is 19.7 Å². The van der Waals surface area contributed by atoms with Crippen LogP contribution in [0.15, 0.2) is 18.2 Å². The van der Waals surface area contributed by atoms with Gasteiger partial charge in [0.25, 0.3) is 0 Å². The molecule has 0 radical (unpaired) electrons. The predicted molar refractivity (Wildman–Crippen MR) is 58.3 cm³/mol. The van der Waals surface area contributed by atoms with Crippen molar-refractivity contribution in [3.8, 4) is 5.75 Å². The second-order valence-corrected chi connectivity index (χ2v) is 3.34. The van der Waals surface area contributed by atoms with Crippen LogP contribution in [0.4, 0.5) is 0 Å². The van der Waals surface area contributed by atoms with Gasteiger partial charge in [-0.05, 0) is 31.0 Å². The van der Waals surface area contributed by atoms with E-state index in [1.54, 1.807) is 13.2 Å². The lowest BCUT2D eigenvalue weighted by molar-refractivity contribution is 0.0501. The van der Waals surface area contributed by atoms with Gasteiger partial charge in [0.2, 0.25) is 0 Å². The number of aryl methyl sites for hydroxylation is 1. The summed E-state index contributed by atoms with van der Waals surface area (Å²) in [6, 6.07) is 5.42. The van der Waals surface area contributed by atoms with Crippen LogP contribution >= 0.6 is 0 Å². The van der Waals surface area contributed by atoms with Crippen LogP contribution in [0.25, 0.3) is 0 Å². The first kappa shape index (κ1) is 11.6. The fraction of sp³-hybridized carbons (Fsp3) is 0.417. The summed E-state index contributed by atoms with van der Waals surface area (Å²) < 4.78 is 10.2. The second-order valence-electron chi connectivity index (χ2n) is 3.34. The first-order chi connectivity index (χ1) is 7.19. The van der Waals surface area contributed by atoms with Crippen molar-refractivity contribution in [1.29, 1.82) is 0 Å². The average Bonchev–Trinajstić information content (AvgIpc) is 2.25.